The maximum Gasteiger partial charge on any atom is 0.191 e. The Balaban J connectivity index is 1.55. The molecule has 1 aromatic heterocycles. The van der Waals surface area contributed by atoms with Crippen molar-refractivity contribution >= 4 is 11.8 Å². The second-order valence-electron chi connectivity index (χ2n) is 7.64. The van der Waals surface area contributed by atoms with Gasteiger partial charge in [-0.15, -0.1) is 10.2 Å². The highest BCUT2D eigenvalue weighted by atomic mass is 32.2. The maximum absolute atomic E-state index is 13.9. The van der Waals surface area contributed by atoms with Gasteiger partial charge in [-0.25, -0.2) is 4.39 Å². The lowest BCUT2D eigenvalue weighted by molar-refractivity contribution is 0.215. The third-order valence-corrected chi connectivity index (χ3v) is 6.99. The number of aromatic nitrogens is 3. The molecule has 1 heterocycles. The lowest BCUT2D eigenvalue weighted by Crippen LogP contribution is -2.24. The first-order chi connectivity index (χ1) is 13.2. The van der Waals surface area contributed by atoms with Crippen molar-refractivity contribution in [2.45, 2.75) is 50.4 Å². The Kier molecular flexibility index (Phi) is 5.68. The van der Waals surface area contributed by atoms with Crippen LogP contribution in [0.15, 0.2) is 29.4 Å². The van der Waals surface area contributed by atoms with Gasteiger partial charge in [0.15, 0.2) is 22.5 Å². The van der Waals surface area contributed by atoms with Gasteiger partial charge in [-0.1, -0.05) is 30.3 Å². The Bertz CT molecular complexity index is 784. The largest absolute Gasteiger partial charge is 0.483 e. The van der Waals surface area contributed by atoms with Crippen LogP contribution in [0, 0.1) is 23.6 Å². The summed E-state index contributed by atoms with van der Waals surface area (Å²) in [6, 6.07) is 6.68. The monoisotopic (exact) mass is 391 g/mol. The summed E-state index contributed by atoms with van der Waals surface area (Å²) in [5.74, 6) is 3.42. The first kappa shape index (κ1) is 18.7. The van der Waals surface area contributed by atoms with E-state index in [0.717, 1.165) is 17.0 Å². The highest BCUT2D eigenvalue weighted by molar-refractivity contribution is 7.99. The van der Waals surface area contributed by atoms with Crippen molar-refractivity contribution in [2.75, 3.05) is 12.4 Å². The van der Waals surface area contributed by atoms with Gasteiger partial charge in [-0.05, 0) is 56.1 Å². The fourth-order valence-corrected chi connectivity index (χ4v) is 5.61. The fraction of sp³-hybridized carbons (Fsp3) is 0.600. The van der Waals surface area contributed by atoms with E-state index in [0.29, 0.717) is 17.5 Å². The van der Waals surface area contributed by atoms with E-state index in [9.17, 15) is 9.50 Å². The second-order valence-corrected chi connectivity index (χ2v) is 8.70. The smallest absolute Gasteiger partial charge is 0.191 e. The van der Waals surface area contributed by atoms with Gasteiger partial charge in [0.05, 0.1) is 6.61 Å². The molecule has 0 unspecified atom stereocenters. The molecule has 7 heteroatoms. The van der Waals surface area contributed by atoms with Crippen LogP contribution in [-0.2, 0) is 6.61 Å². The number of aliphatic hydroxyl groups excluding tert-OH is 1. The van der Waals surface area contributed by atoms with Gasteiger partial charge in [0, 0.05) is 11.8 Å². The van der Waals surface area contributed by atoms with Crippen LogP contribution in [0.1, 0.15) is 44.5 Å². The third kappa shape index (κ3) is 3.85. The summed E-state index contributed by atoms with van der Waals surface area (Å²) in [6.07, 6.45) is 5.30. The van der Waals surface area contributed by atoms with E-state index < -0.39 is 0 Å². The van der Waals surface area contributed by atoms with Crippen LogP contribution in [0.4, 0.5) is 4.39 Å². The number of fused-ring (bicyclic) bond motifs is 2. The summed E-state index contributed by atoms with van der Waals surface area (Å²) in [5.41, 5.74) is 0. The predicted molar refractivity (Wildman–Crippen MR) is 102 cm³/mol. The Hall–Kier alpha value is -1.60. The molecule has 2 aromatic rings. The van der Waals surface area contributed by atoms with Gasteiger partial charge in [0.25, 0.3) is 0 Å². The lowest BCUT2D eigenvalue weighted by Gasteiger charge is -2.30. The minimum Gasteiger partial charge on any atom is -0.483 e. The maximum atomic E-state index is 13.9. The number of thioether (sulfide) groups is 1. The number of nitrogens with zero attached hydrogens (tertiary/aromatic N) is 3. The Morgan fingerprint density at radius 1 is 1.30 bits per heavy atom. The van der Waals surface area contributed by atoms with E-state index in [-0.39, 0.29) is 30.8 Å². The van der Waals surface area contributed by atoms with E-state index >= 15 is 0 Å². The summed E-state index contributed by atoms with van der Waals surface area (Å²) in [6.45, 7) is 2.52. The first-order valence-corrected chi connectivity index (χ1v) is 10.7. The molecule has 0 amide bonds. The number of hydrogen-bond acceptors (Lipinski definition) is 5. The third-order valence-electron chi connectivity index (χ3n) is 6.07. The van der Waals surface area contributed by atoms with E-state index in [1.54, 1.807) is 18.2 Å². The number of halogens is 1. The van der Waals surface area contributed by atoms with Crippen molar-refractivity contribution in [3.05, 3.63) is 35.9 Å². The number of aliphatic hydroxyl groups is 1. The van der Waals surface area contributed by atoms with Gasteiger partial charge in [0.2, 0.25) is 0 Å². The van der Waals surface area contributed by atoms with Crippen LogP contribution in [-0.4, -0.2) is 32.2 Å². The van der Waals surface area contributed by atoms with Crippen molar-refractivity contribution in [2.24, 2.45) is 17.8 Å². The molecular weight excluding hydrogens is 365 g/mol. The zero-order valence-corrected chi connectivity index (χ0v) is 16.4. The van der Waals surface area contributed by atoms with Crippen LogP contribution >= 0.6 is 11.8 Å². The molecule has 146 valence electrons. The van der Waals surface area contributed by atoms with Crippen LogP contribution in [0.5, 0.6) is 5.75 Å². The van der Waals surface area contributed by atoms with Crippen LogP contribution < -0.4 is 4.74 Å². The minimum atomic E-state index is -0.375. The minimum absolute atomic E-state index is 0.0983. The summed E-state index contributed by atoms with van der Waals surface area (Å²) < 4.78 is 21.7. The van der Waals surface area contributed by atoms with Gasteiger partial charge in [-0.2, -0.15) is 0 Å². The first-order valence-electron chi connectivity index (χ1n) is 9.72. The van der Waals surface area contributed by atoms with E-state index in [1.807, 2.05) is 0 Å². The topological polar surface area (TPSA) is 60.2 Å². The zero-order chi connectivity index (χ0) is 18.8. The molecule has 2 aliphatic carbocycles. The molecule has 4 atom stereocenters. The Morgan fingerprint density at radius 2 is 2.15 bits per heavy atom. The van der Waals surface area contributed by atoms with Crippen molar-refractivity contribution in [3.8, 4) is 5.75 Å². The highest BCUT2D eigenvalue weighted by Gasteiger charge is 2.43. The molecule has 1 aromatic carbocycles. The number of ether oxygens (including phenoxy) is 1. The number of para-hydroxylation sites is 1. The average Bonchev–Trinajstić information content (AvgIpc) is 3.40. The van der Waals surface area contributed by atoms with Gasteiger partial charge < -0.3 is 9.84 Å². The van der Waals surface area contributed by atoms with E-state index in [2.05, 4.69) is 21.7 Å². The normalized spacial score (nSPS) is 25.1. The summed E-state index contributed by atoms with van der Waals surface area (Å²) in [5, 5.41) is 18.7. The summed E-state index contributed by atoms with van der Waals surface area (Å²) in [7, 11) is 0. The predicted octanol–water partition coefficient (Wildman–Crippen LogP) is 4.08. The van der Waals surface area contributed by atoms with Crippen molar-refractivity contribution in [1.29, 1.82) is 0 Å². The SMILES string of the molecule is C[C@H]([C@H]1C[C@H]2CC[C@H]1C2)n1c(COc2ccccc2F)nnc1SCCO. The molecule has 27 heavy (non-hydrogen) atoms. The molecule has 0 radical (unpaired) electrons. The molecule has 2 fully saturated rings. The zero-order valence-electron chi connectivity index (χ0n) is 15.6. The van der Waals surface area contributed by atoms with Gasteiger partial charge in [-0.3, -0.25) is 4.57 Å². The standard InChI is InChI=1S/C20H26FN3O2S/c1-13(16-11-14-6-7-15(16)10-14)24-19(22-23-20(24)27-9-8-25)12-26-18-5-3-2-4-17(18)21/h2-5,13-16,25H,6-12H2,1H3/t13-,14+,15+,16-/m1/s1. The second kappa shape index (κ2) is 8.19. The molecule has 2 aliphatic rings. The Labute approximate surface area is 163 Å². The molecule has 5 nitrogen and oxygen atoms in total. The Morgan fingerprint density at radius 3 is 2.85 bits per heavy atom. The summed E-state index contributed by atoms with van der Waals surface area (Å²) >= 11 is 1.51. The quantitative estimate of drug-likeness (QED) is 0.687. The van der Waals surface area contributed by atoms with Crippen molar-refractivity contribution in [1.82, 2.24) is 14.8 Å². The molecule has 4 rings (SSSR count). The molecule has 0 saturated heterocycles. The van der Waals surface area contributed by atoms with Crippen LogP contribution in [0.25, 0.3) is 0 Å². The number of benzene rings is 1. The van der Waals surface area contributed by atoms with Gasteiger partial charge >= 0.3 is 0 Å². The molecular formula is C20H26FN3O2S. The van der Waals surface area contributed by atoms with E-state index in [4.69, 9.17) is 4.74 Å². The molecule has 1 N–H and O–H groups in total. The van der Waals surface area contributed by atoms with Gasteiger partial charge in [0.1, 0.15) is 6.61 Å². The average molecular weight is 392 g/mol. The molecule has 2 bridgehead atoms. The highest BCUT2D eigenvalue weighted by Crippen LogP contribution is 2.52. The summed E-state index contributed by atoms with van der Waals surface area (Å²) in [4.78, 5) is 0. The lowest BCUT2D eigenvalue weighted by atomic mass is 9.84. The van der Waals surface area contributed by atoms with Crippen LogP contribution in [0.2, 0.25) is 0 Å². The molecule has 0 aliphatic heterocycles. The molecule has 0 spiro atoms. The van der Waals surface area contributed by atoms with E-state index in [1.165, 1.54) is 43.5 Å². The molecule has 2 saturated carbocycles. The van der Waals surface area contributed by atoms with Crippen molar-refractivity contribution < 1.29 is 14.2 Å². The fourth-order valence-electron chi connectivity index (χ4n) is 4.83. The number of rotatable bonds is 8. The van der Waals surface area contributed by atoms with Crippen LogP contribution in [0.3, 0.4) is 0 Å². The number of hydrogen-bond donors (Lipinski definition) is 1. The van der Waals surface area contributed by atoms with Crippen molar-refractivity contribution in [3.63, 3.8) is 0 Å².